The predicted molar refractivity (Wildman–Crippen MR) is 103 cm³/mol. The highest BCUT2D eigenvalue weighted by Gasteiger charge is 2.15. The van der Waals surface area contributed by atoms with Crippen LogP contribution in [0.5, 0.6) is 5.75 Å². The average molecular weight is 336 g/mol. The van der Waals surface area contributed by atoms with E-state index in [1.807, 2.05) is 42.6 Å². The van der Waals surface area contributed by atoms with Crippen molar-refractivity contribution in [3.63, 3.8) is 0 Å². The normalized spacial score (nSPS) is 11.6. The van der Waals surface area contributed by atoms with Crippen LogP contribution in [-0.4, -0.2) is 11.2 Å². The lowest BCUT2D eigenvalue weighted by Gasteiger charge is -2.19. The van der Waals surface area contributed by atoms with E-state index in [1.165, 1.54) is 0 Å². The van der Waals surface area contributed by atoms with Crippen molar-refractivity contribution in [2.45, 2.75) is 32.7 Å². The zero-order valence-electron chi connectivity index (χ0n) is 15.0. The molecule has 0 spiro atoms. The number of nitrogens with zero attached hydrogens (tertiary/aromatic N) is 1. The molecule has 0 saturated heterocycles. The van der Waals surface area contributed by atoms with E-state index in [0.29, 0.717) is 24.6 Å². The van der Waals surface area contributed by atoms with Gasteiger partial charge in [0, 0.05) is 23.3 Å². The summed E-state index contributed by atoms with van der Waals surface area (Å²) in [5.74, 6) is 0.712. The Kier molecular flexibility index (Phi) is 4.53. The lowest BCUT2D eigenvalue weighted by atomic mass is 9.86. The molecule has 0 aliphatic rings. The van der Waals surface area contributed by atoms with Gasteiger partial charge in [0.15, 0.2) is 0 Å². The summed E-state index contributed by atoms with van der Waals surface area (Å²) < 4.78 is 7.39. The van der Waals surface area contributed by atoms with Crippen LogP contribution in [0.3, 0.4) is 0 Å². The number of hydrogen-bond acceptors (Lipinski definition) is 3. The molecule has 0 radical (unpaired) electrons. The van der Waals surface area contributed by atoms with E-state index in [0.717, 1.165) is 16.3 Å². The van der Waals surface area contributed by atoms with Crippen LogP contribution in [0.15, 0.2) is 59.5 Å². The summed E-state index contributed by atoms with van der Waals surface area (Å²) in [5, 5.41) is 1.71. The second-order valence-electron chi connectivity index (χ2n) is 7.29. The zero-order valence-corrected chi connectivity index (χ0v) is 15.0. The number of anilines is 1. The van der Waals surface area contributed by atoms with Gasteiger partial charge >= 0.3 is 0 Å². The van der Waals surface area contributed by atoms with Gasteiger partial charge < -0.3 is 15.0 Å². The van der Waals surface area contributed by atoms with Crippen molar-refractivity contribution in [1.82, 2.24) is 4.57 Å². The summed E-state index contributed by atoms with van der Waals surface area (Å²) in [6.45, 7) is 7.34. The number of ether oxygens (including phenoxy) is 1. The number of fused-ring (bicyclic) bond motifs is 1. The SMILES string of the molecule is CC(C)(C)c1ccc2ccn(CCOc3cccc(N)c3)c(=O)c2c1. The number of nitrogen functional groups attached to an aromatic ring is 1. The Bertz CT molecular complexity index is 952. The van der Waals surface area contributed by atoms with E-state index in [4.69, 9.17) is 10.5 Å². The minimum Gasteiger partial charge on any atom is -0.492 e. The van der Waals surface area contributed by atoms with Gasteiger partial charge in [0.25, 0.3) is 5.56 Å². The number of nitrogens with two attached hydrogens (primary N) is 1. The molecule has 0 aliphatic heterocycles. The number of pyridine rings is 1. The first kappa shape index (κ1) is 17.1. The molecule has 0 aliphatic carbocycles. The monoisotopic (exact) mass is 336 g/mol. The molecule has 2 aromatic carbocycles. The highest BCUT2D eigenvalue weighted by molar-refractivity contribution is 5.82. The van der Waals surface area contributed by atoms with Crippen LogP contribution in [0.25, 0.3) is 10.8 Å². The first-order valence-electron chi connectivity index (χ1n) is 8.47. The van der Waals surface area contributed by atoms with Gasteiger partial charge in [0.05, 0.1) is 6.54 Å². The summed E-state index contributed by atoms with van der Waals surface area (Å²) in [4.78, 5) is 12.8. The molecule has 0 atom stereocenters. The molecule has 0 unspecified atom stereocenters. The van der Waals surface area contributed by atoms with Crippen LogP contribution in [0.4, 0.5) is 5.69 Å². The van der Waals surface area contributed by atoms with E-state index >= 15 is 0 Å². The molecule has 3 rings (SSSR count). The van der Waals surface area contributed by atoms with Crippen LogP contribution >= 0.6 is 0 Å². The number of aromatic nitrogens is 1. The van der Waals surface area contributed by atoms with Gasteiger partial charge in [-0.3, -0.25) is 4.79 Å². The van der Waals surface area contributed by atoms with E-state index in [-0.39, 0.29) is 11.0 Å². The van der Waals surface area contributed by atoms with Crippen LogP contribution in [0.2, 0.25) is 0 Å². The number of rotatable bonds is 4. The highest BCUT2D eigenvalue weighted by Crippen LogP contribution is 2.24. The predicted octanol–water partition coefficient (Wildman–Crippen LogP) is 3.96. The van der Waals surface area contributed by atoms with Crippen molar-refractivity contribution in [3.8, 4) is 5.75 Å². The van der Waals surface area contributed by atoms with Gasteiger partial charge in [-0.1, -0.05) is 39.0 Å². The Hall–Kier alpha value is -2.75. The molecule has 0 amide bonds. The van der Waals surface area contributed by atoms with Crippen molar-refractivity contribution in [3.05, 3.63) is 70.6 Å². The summed E-state index contributed by atoms with van der Waals surface area (Å²) in [7, 11) is 0. The molecule has 0 fully saturated rings. The second kappa shape index (κ2) is 6.63. The standard InChI is InChI=1S/C21H24N2O2/c1-21(2,3)16-8-7-15-9-10-23(20(24)19(15)13-16)11-12-25-18-6-4-5-17(22)14-18/h4-10,13-14H,11-12,22H2,1-3H3. The largest absolute Gasteiger partial charge is 0.492 e. The maximum Gasteiger partial charge on any atom is 0.258 e. The van der Waals surface area contributed by atoms with E-state index in [2.05, 4.69) is 26.8 Å². The quantitative estimate of drug-likeness (QED) is 0.734. The third-order valence-corrected chi connectivity index (χ3v) is 4.30. The molecular formula is C21H24N2O2. The fourth-order valence-electron chi connectivity index (χ4n) is 2.79. The Morgan fingerprint density at radius 3 is 2.60 bits per heavy atom. The molecule has 4 heteroatoms. The van der Waals surface area contributed by atoms with E-state index in [1.54, 1.807) is 10.6 Å². The Morgan fingerprint density at radius 2 is 1.88 bits per heavy atom. The molecular weight excluding hydrogens is 312 g/mol. The minimum absolute atomic E-state index is 0.0116. The van der Waals surface area contributed by atoms with Gasteiger partial charge in [0.1, 0.15) is 12.4 Å². The van der Waals surface area contributed by atoms with Gasteiger partial charge in [-0.05, 0) is 40.6 Å². The third-order valence-electron chi connectivity index (χ3n) is 4.30. The van der Waals surface area contributed by atoms with E-state index in [9.17, 15) is 4.79 Å². The number of hydrogen-bond donors (Lipinski definition) is 1. The maximum atomic E-state index is 12.8. The molecule has 1 aromatic heterocycles. The van der Waals surface area contributed by atoms with Crippen molar-refractivity contribution < 1.29 is 4.74 Å². The minimum atomic E-state index is 0.0116. The molecule has 0 saturated carbocycles. The molecule has 4 nitrogen and oxygen atoms in total. The van der Waals surface area contributed by atoms with Crippen LogP contribution in [0.1, 0.15) is 26.3 Å². The molecule has 0 bridgehead atoms. The third kappa shape index (κ3) is 3.85. The maximum absolute atomic E-state index is 12.8. The zero-order chi connectivity index (χ0) is 18.0. The van der Waals surface area contributed by atoms with Crippen molar-refractivity contribution >= 4 is 16.5 Å². The Morgan fingerprint density at radius 1 is 1.08 bits per heavy atom. The lowest BCUT2D eigenvalue weighted by molar-refractivity contribution is 0.297. The van der Waals surface area contributed by atoms with Gasteiger partial charge in [-0.25, -0.2) is 0 Å². The molecule has 3 aromatic rings. The average Bonchev–Trinajstić information content (AvgIpc) is 2.56. The van der Waals surface area contributed by atoms with Gasteiger partial charge in [-0.2, -0.15) is 0 Å². The molecule has 1 heterocycles. The first-order chi connectivity index (χ1) is 11.8. The summed E-state index contributed by atoms with van der Waals surface area (Å²) in [6.07, 6.45) is 1.82. The fraction of sp³-hybridized carbons (Fsp3) is 0.286. The first-order valence-corrected chi connectivity index (χ1v) is 8.47. The highest BCUT2D eigenvalue weighted by atomic mass is 16.5. The molecule has 2 N–H and O–H groups in total. The van der Waals surface area contributed by atoms with Crippen molar-refractivity contribution in [1.29, 1.82) is 0 Å². The summed E-state index contributed by atoms with van der Waals surface area (Å²) >= 11 is 0. The summed E-state index contributed by atoms with van der Waals surface area (Å²) in [5.41, 5.74) is 7.59. The van der Waals surface area contributed by atoms with Crippen LogP contribution < -0.4 is 16.0 Å². The van der Waals surface area contributed by atoms with Crippen molar-refractivity contribution in [2.24, 2.45) is 0 Å². The van der Waals surface area contributed by atoms with Gasteiger partial charge in [0.2, 0.25) is 0 Å². The van der Waals surface area contributed by atoms with E-state index < -0.39 is 0 Å². The smallest absolute Gasteiger partial charge is 0.258 e. The second-order valence-corrected chi connectivity index (χ2v) is 7.29. The van der Waals surface area contributed by atoms with Gasteiger partial charge in [-0.15, -0.1) is 0 Å². The summed E-state index contributed by atoms with van der Waals surface area (Å²) in [6, 6.07) is 15.4. The number of benzene rings is 2. The Labute approximate surface area is 147 Å². The Balaban J connectivity index is 1.82. The fourth-order valence-corrected chi connectivity index (χ4v) is 2.79. The lowest BCUT2D eigenvalue weighted by Crippen LogP contribution is -2.23. The molecule has 130 valence electrons. The molecule has 25 heavy (non-hydrogen) atoms. The topological polar surface area (TPSA) is 57.2 Å². The van der Waals surface area contributed by atoms with Crippen LogP contribution in [-0.2, 0) is 12.0 Å². The van der Waals surface area contributed by atoms with Crippen molar-refractivity contribution in [2.75, 3.05) is 12.3 Å². The van der Waals surface area contributed by atoms with Crippen LogP contribution in [0, 0.1) is 0 Å².